The zero-order chi connectivity index (χ0) is 31.2. The minimum absolute atomic E-state index is 0.102. The van der Waals surface area contributed by atoms with Crippen LogP contribution >= 0.6 is 0 Å². The summed E-state index contributed by atoms with van der Waals surface area (Å²) in [5.41, 5.74) is 2.47. The Morgan fingerprint density at radius 2 is 1.84 bits per heavy atom. The summed E-state index contributed by atoms with van der Waals surface area (Å²) < 4.78 is 27.7. The van der Waals surface area contributed by atoms with Gasteiger partial charge in [-0.3, -0.25) is 9.59 Å². The smallest absolute Gasteiger partial charge is 0.425 e. The number of aromatic nitrogens is 2. The van der Waals surface area contributed by atoms with Gasteiger partial charge < -0.3 is 15.7 Å². The number of benzene rings is 1. The van der Waals surface area contributed by atoms with Crippen LogP contribution in [0, 0.1) is 5.41 Å². The average Bonchev–Trinajstić information content (AvgIpc) is 3.17. The van der Waals surface area contributed by atoms with Crippen LogP contribution in [0.25, 0.3) is 10.9 Å². The van der Waals surface area contributed by atoms with Crippen molar-refractivity contribution in [1.82, 2.24) is 30.3 Å². The van der Waals surface area contributed by atoms with E-state index in [0.29, 0.717) is 11.9 Å². The van der Waals surface area contributed by atoms with E-state index in [0.717, 1.165) is 9.69 Å². The van der Waals surface area contributed by atoms with E-state index in [-0.39, 0.29) is 47.8 Å². The third kappa shape index (κ3) is 8.32. The highest BCUT2D eigenvalue weighted by Gasteiger charge is 2.35. The van der Waals surface area contributed by atoms with Crippen molar-refractivity contribution < 1.29 is 27.9 Å². The van der Waals surface area contributed by atoms with E-state index in [1.165, 1.54) is 12.3 Å². The highest BCUT2D eigenvalue weighted by Crippen LogP contribution is 2.23. The number of nitrogens with zero attached hydrogens (tertiary/aromatic N) is 4. The molecule has 2 aromatic heterocycles. The molecule has 1 saturated heterocycles. The van der Waals surface area contributed by atoms with Crippen LogP contribution in [0.1, 0.15) is 50.5 Å². The minimum atomic E-state index is -4.02. The number of amides is 3. The molecule has 43 heavy (non-hydrogen) atoms. The van der Waals surface area contributed by atoms with Gasteiger partial charge in [0.25, 0.3) is 15.9 Å². The maximum absolute atomic E-state index is 13.7. The second kappa shape index (κ2) is 13.3. The van der Waals surface area contributed by atoms with Crippen molar-refractivity contribution in [3.63, 3.8) is 0 Å². The van der Waals surface area contributed by atoms with Crippen LogP contribution in [0.5, 0.6) is 0 Å². The molecule has 14 heteroatoms. The molecule has 1 aliphatic rings. The summed E-state index contributed by atoms with van der Waals surface area (Å²) in [5.74, 6) is -1.04. The van der Waals surface area contributed by atoms with Crippen LogP contribution in [-0.4, -0.2) is 76.6 Å². The highest BCUT2D eigenvalue weighted by atomic mass is 32.2. The molecule has 1 aromatic carbocycles. The number of carboxylic acid groups (broad SMARTS) is 1. The molecular weight excluding hydrogens is 574 g/mol. The minimum Gasteiger partial charge on any atom is -0.464 e. The summed E-state index contributed by atoms with van der Waals surface area (Å²) in [7, 11) is -4.02. The number of rotatable bonds is 8. The van der Waals surface area contributed by atoms with Crippen LogP contribution in [0.3, 0.4) is 0 Å². The van der Waals surface area contributed by atoms with Crippen molar-refractivity contribution in [2.75, 3.05) is 13.1 Å². The quantitative estimate of drug-likeness (QED) is 0.281. The van der Waals surface area contributed by atoms with Gasteiger partial charge in [0.2, 0.25) is 5.91 Å². The van der Waals surface area contributed by atoms with Crippen molar-refractivity contribution in [1.29, 1.82) is 0 Å². The number of fused-ring (bicyclic) bond motifs is 1. The van der Waals surface area contributed by atoms with E-state index < -0.39 is 40.0 Å². The molecular formula is C29H35N7O6S. The summed E-state index contributed by atoms with van der Waals surface area (Å²) in [6.07, 6.45) is 0.835. The Hall–Kier alpha value is -4.43. The zero-order valence-electron chi connectivity index (χ0n) is 24.1. The standard InChI is InChI=1S/C29H35N7O6S/c1-29(2,3)17-23(33-26(37)22-14-13-19-9-4-5-10-20(19)31-22)27(38)32-21-11-8-16-36(18-24(21)34-35-28(39)40)43(41,42)25-12-6-7-15-30-25/h4-7,9-10,12-15,21,23,35H,8,11,16-18H2,1-3H3,(H,32,38)(H,33,37)(H,39,40)/b34-24+/t21?,23-/m0/s1. The fraction of sp³-hybridized carbons (Fsp3) is 0.379. The van der Waals surface area contributed by atoms with Crippen LogP contribution in [0.4, 0.5) is 4.79 Å². The molecule has 1 unspecified atom stereocenters. The van der Waals surface area contributed by atoms with Gasteiger partial charge in [-0.1, -0.05) is 51.1 Å². The van der Waals surface area contributed by atoms with Gasteiger partial charge in [-0.15, -0.1) is 0 Å². The van der Waals surface area contributed by atoms with Crippen molar-refractivity contribution >= 4 is 44.5 Å². The van der Waals surface area contributed by atoms with Gasteiger partial charge in [0.1, 0.15) is 11.7 Å². The molecule has 1 fully saturated rings. The van der Waals surface area contributed by atoms with Gasteiger partial charge >= 0.3 is 6.09 Å². The molecule has 1 aliphatic heterocycles. The fourth-order valence-electron chi connectivity index (χ4n) is 4.75. The maximum atomic E-state index is 13.7. The lowest BCUT2D eigenvalue weighted by atomic mass is 9.87. The van der Waals surface area contributed by atoms with Crippen molar-refractivity contribution in [3.8, 4) is 0 Å². The molecule has 3 heterocycles. The Labute approximate surface area is 249 Å². The number of carbonyl (C=O) groups excluding carboxylic acids is 2. The van der Waals surface area contributed by atoms with Gasteiger partial charge in [-0.05, 0) is 48.9 Å². The number of sulfonamides is 1. The van der Waals surface area contributed by atoms with Gasteiger partial charge in [0.15, 0.2) is 5.03 Å². The van der Waals surface area contributed by atoms with E-state index in [1.54, 1.807) is 30.3 Å². The predicted molar refractivity (Wildman–Crippen MR) is 160 cm³/mol. The normalized spacial score (nSPS) is 18.0. The Balaban J connectivity index is 1.56. The van der Waals surface area contributed by atoms with E-state index in [9.17, 15) is 27.9 Å². The lowest BCUT2D eigenvalue weighted by Gasteiger charge is -2.28. The summed E-state index contributed by atoms with van der Waals surface area (Å²) in [5, 5.41) is 19.5. The molecule has 13 nitrogen and oxygen atoms in total. The SMILES string of the molecule is CC(C)(C)C[C@H](NC(=O)c1ccc2ccccc2n1)C(=O)NC1CCCN(S(=O)(=O)c2ccccn2)C/C1=N\NC(=O)O. The molecule has 0 spiro atoms. The van der Waals surface area contributed by atoms with Crippen LogP contribution < -0.4 is 16.1 Å². The summed E-state index contributed by atoms with van der Waals surface area (Å²) in [6.45, 7) is 5.63. The van der Waals surface area contributed by atoms with Gasteiger partial charge in [-0.2, -0.15) is 9.41 Å². The molecule has 3 aromatic rings. The summed E-state index contributed by atoms with van der Waals surface area (Å²) >= 11 is 0. The number of hydrogen-bond donors (Lipinski definition) is 4. The van der Waals surface area contributed by atoms with Crippen LogP contribution in [0.15, 0.2) is 70.9 Å². The van der Waals surface area contributed by atoms with Crippen molar-refractivity contribution in [2.24, 2.45) is 10.5 Å². The zero-order valence-corrected chi connectivity index (χ0v) is 25.0. The van der Waals surface area contributed by atoms with E-state index in [4.69, 9.17) is 0 Å². The Morgan fingerprint density at radius 1 is 1.09 bits per heavy atom. The van der Waals surface area contributed by atoms with E-state index >= 15 is 0 Å². The first-order valence-corrected chi connectivity index (χ1v) is 15.2. The predicted octanol–water partition coefficient (Wildman–Crippen LogP) is 2.76. The number of pyridine rings is 2. The Kier molecular flexibility index (Phi) is 9.71. The molecule has 4 N–H and O–H groups in total. The third-order valence-corrected chi connectivity index (χ3v) is 8.53. The van der Waals surface area contributed by atoms with Crippen LogP contribution in [-0.2, 0) is 14.8 Å². The third-order valence-electron chi connectivity index (χ3n) is 6.76. The summed E-state index contributed by atoms with van der Waals surface area (Å²) in [6, 6.07) is 13.5. The lowest BCUT2D eigenvalue weighted by molar-refractivity contribution is -0.124. The first-order chi connectivity index (χ1) is 20.3. The van der Waals surface area contributed by atoms with Gasteiger partial charge in [0.05, 0.1) is 23.8 Å². The van der Waals surface area contributed by atoms with E-state index in [1.807, 2.05) is 44.4 Å². The average molecular weight is 610 g/mol. The van der Waals surface area contributed by atoms with Crippen molar-refractivity contribution in [2.45, 2.75) is 57.1 Å². The maximum Gasteiger partial charge on any atom is 0.425 e. The van der Waals surface area contributed by atoms with Gasteiger partial charge in [0, 0.05) is 18.1 Å². The number of carbonyl (C=O) groups is 3. The number of hydrazone groups is 1. The lowest BCUT2D eigenvalue weighted by Crippen LogP contribution is -2.53. The molecule has 3 amide bonds. The van der Waals surface area contributed by atoms with E-state index in [2.05, 4.69) is 25.7 Å². The molecule has 0 aliphatic carbocycles. The molecule has 2 atom stereocenters. The highest BCUT2D eigenvalue weighted by molar-refractivity contribution is 7.89. The first kappa shape index (κ1) is 31.5. The fourth-order valence-corrected chi connectivity index (χ4v) is 6.13. The largest absolute Gasteiger partial charge is 0.464 e. The second-order valence-electron chi connectivity index (χ2n) is 11.4. The molecule has 228 valence electrons. The Morgan fingerprint density at radius 3 is 2.53 bits per heavy atom. The first-order valence-electron chi connectivity index (χ1n) is 13.8. The van der Waals surface area contributed by atoms with Crippen LogP contribution in [0.2, 0.25) is 0 Å². The molecule has 0 radical (unpaired) electrons. The van der Waals surface area contributed by atoms with Crippen molar-refractivity contribution in [3.05, 3.63) is 66.5 Å². The topological polar surface area (TPSA) is 183 Å². The number of hydrogen-bond acceptors (Lipinski definition) is 8. The van der Waals surface area contributed by atoms with Gasteiger partial charge in [-0.25, -0.2) is 28.6 Å². The number of para-hydroxylation sites is 1. The number of nitrogens with one attached hydrogen (secondary N) is 3. The second-order valence-corrected chi connectivity index (χ2v) is 13.3. The Bertz CT molecular complexity index is 1620. The molecule has 0 bridgehead atoms. The summed E-state index contributed by atoms with van der Waals surface area (Å²) in [4.78, 5) is 46.6. The monoisotopic (exact) mass is 609 g/mol. The molecule has 4 rings (SSSR count). The molecule has 0 saturated carbocycles.